The van der Waals surface area contributed by atoms with Crippen LogP contribution in [0.15, 0.2) is 0 Å². The van der Waals surface area contributed by atoms with E-state index in [1.54, 1.807) is 21.3 Å². The molecule has 0 aromatic carbocycles. The van der Waals surface area contributed by atoms with Crippen LogP contribution in [0.25, 0.3) is 0 Å². The number of halogens is 1. The number of methoxy groups -OCH3 is 3. The summed E-state index contributed by atoms with van der Waals surface area (Å²) in [4.78, 5) is 0. The van der Waals surface area contributed by atoms with E-state index in [1.165, 1.54) is 0 Å². The number of hydrogen-bond acceptors (Lipinski definition) is 3. The van der Waals surface area contributed by atoms with E-state index in [-0.39, 0.29) is 0 Å². The van der Waals surface area contributed by atoms with Crippen molar-refractivity contribution in [2.24, 2.45) is 0 Å². The van der Waals surface area contributed by atoms with Crippen LogP contribution in [0.1, 0.15) is 32.1 Å². The van der Waals surface area contributed by atoms with Crippen molar-refractivity contribution in [2.75, 3.05) is 27.2 Å². The zero-order valence-electron chi connectivity index (χ0n) is 9.35. The molecule has 0 radical (unpaired) electrons. The number of rotatable bonds is 9. The first-order valence-electron chi connectivity index (χ1n) is 4.96. The van der Waals surface area contributed by atoms with E-state index in [0.717, 1.165) is 38.0 Å². The maximum absolute atomic E-state index is 5.58. The van der Waals surface area contributed by atoms with Crippen LogP contribution in [0.2, 0.25) is 0 Å². The molecule has 0 rings (SSSR count). The SMILES string of the molecule is COC(CCCCCCCl)(OC)OC. The molecular formula is C10H21ClO3. The average Bonchev–Trinajstić information content (AvgIpc) is 2.24. The lowest BCUT2D eigenvalue weighted by molar-refractivity contribution is -0.355. The maximum Gasteiger partial charge on any atom is 0.282 e. The van der Waals surface area contributed by atoms with Crippen LogP contribution in [-0.2, 0) is 14.2 Å². The molecule has 0 heterocycles. The van der Waals surface area contributed by atoms with Crippen LogP contribution in [0, 0.1) is 0 Å². The van der Waals surface area contributed by atoms with Gasteiger partial charge in [-0.05, 0) is 12.8 Å². The van der Waals surface area contributed by atoms with Gasteiger partial charge in [0, 0.05) is 33.6 Å². The molecule has 0 aromatic heterocycles. The molecule has 0 atom stereocenters. The topological polar surface area (TPSA) is 27.7 Å². The van der Waals surface area contributed by atoms with Crippen LogP contribution >= 0.6 is 11.6 Å². The summed E-state index contributed by atoms with van der Waals surface area (Å²) < 4.78 is 15.5. The molecule has 0 spiro atoms. The monoisotopic (exact) mass is 224 g/mol. The third-order valence-corrected chi connectivity index (χ3v) is 2.57. The van der Waals surface area contributed by atoms with Gasteiger partial charge in [-0.3, -0.25) is 0 Å². The molecule has 86 valence electrons. The summed E-state index contributed by atoms with van der Waals surface area (Å²) in [5.74, 6) is -0.120. The Balaban J connectivity index is 3.61. The second kappa shape index (κ2) is 8.48. The van der Waals surface area contributed by atoms with Crippen molar-refractivity contribution in [3.63, 3.8) is 0 Å². The Morgan fingerprint density at radius 1 is 0.857 bits per heavy atom. The van der Waals surface area contributed by atoms with E-state index in [4.69, 9.17) is 25.8 Å². The van der Waals surface area contributed by atoms with Crippen LogP contribution in [0.4, 0.5) is 0 Å². The van der Waals surface area contributed by atoms with Crippen molar-refractivity contribution < 1.29 is 14.2 Å². The van der Waals surface area contributed by atoms with Crippen molar-refractivity contribution in [3.05, 3.63) is 0 Å². The van der Waals surface area contributed by atoms with E-state index in [9.17, 15) is 0 Å². The van der Waals surface area contributed by atoms with Crippen LogP contribution < -0.4 is 0 Å². The van der Waals surface area contributed by atoms with E-state index >= 15 is 0 Å². The molecule has 4 heteroatoms. The van der Waals surface area contributed by atoms with Gasteiger partial charge >= 0.3 is 0 Å². The number of ether oxygens (including phenoxy) is 3. The van der Waals surface area contributed by atoms with Crippen molar-refractivity contribution in [1.82, 2.24) is 0 Å². The van der Waals surface area contributed by atoms with Gasteiger partial charge < -0.3 is 14.2 Å². The van der Waals surface area contributed by atoms with Crippen molar-refractivity contribution in [1.29, 1.82) is 0 Å². The van der Waals surface area contributed by atoms with Crippen molar-refractivity contribution >= 4 is 11.6 Å². The summed E-state index contributed by atoms with van der Waals surface area (Å²) in [5, 5.41) is 0. The summed E-state index contributed by atoms with van der Waals surface area (Å²) in [7, 11) is 4.77. The van der Waals surface area contributed by atoms with Gasteiger partial charge in [0.05, 0.1) is 0 Å². The fourth-order valence-electron chi connectivity index (χ4n) is 1.35. The predicted molar refractivity (Wildman–Crippen MR) is 57.6 cm³/mol. The molecule has 14 heavy (non-hydrogen) atoms. The highest BCUT2D eigenvalue weighted by Crippen LogP contribution is 2.20. The molecule has 0 aliphatic heterocycles. The molecule has 0 saturated heterocycles. The minimum absolute atomic E-state index is 0.740. The van der Waals surface area contributed by atoms with E-state index in [1.807, 2.05) is 0 Å². The zero-order chi connectivity index (χ0) is 10.9. The Bertz CT molecular complexity index is 118. The largest absolute Gasteiger partial charge is 0.331 e. The van der Waals surface area contributed by atoms with Crippen LogP contribution in [0.5, 0.6) is 0 Å². The number of hydrogen-bond donors (Lipinski definition) is 0. The first-order chi connectivity index (χ1) is 6.74. The van der Waals surface area contributed by atoms with Gasteiger partial charge in [0.1, 0.15) is 0 Å². The van der Waals surface area contributed by atoms with Gasteiger partial charge in [0.15, 0.2) is 0 Å². The quantitative estimate of drug-likeness (QED) is 0.343. The van der Waals surface area contributed by atoms with Gasteiger partial charge in [-0.1, -0.05) is 12.8 Å². The second-order valence-corrected chi connectivity index (χ2v) is 3.53. The van der Waals surface area contributed by atoms with Crippen LogP contribution in [0.3, 0.4) is 0 Å². The lowest BCUT2D eigenvalue weighted by atomic mass is 10.1. The first-order valence-corrected chi connectivity index (χ1v) is 5.49. The highest BCUT2D eigenvalue weighted by molar-refractivity contribution is 6.17. The third kappa shape index (κ3) is 5.15. The third-order valence-electron chi connectivity index (χ3n) is 2.30. The fraction of sp³-hybridized carbons (Fsp3) is 1.00. The molecule has 0 aromatic rings. The Kier molecular flexibility index (Phi) is 8.58. The summed E-state index contributed by atoms with van der Waals surface area (Å²) in [6, 6.07) is 0. The van der Waals surface area contributed by atoms with Gasteiger partial charge in [0.25, 0.3) is 5.97 Å². The number of alkyl halides is 1. The smallest absolute Gasteiger partial charge is 0.282 e. The van der Waals surface area contributed by atoms with Crippen molar-refractivity contribution in [3.8, 4) is 0 Å². The minimum Gasteiger partial charge on any atom is -0.331 e. The lowest BCUT2D eigenvalue weighted by Gasteiger charge is -2.28. The number of unbranched alkanes of at least 4 members (excludes halogenated alkanes) is 3. The van der Waals surface area contributed by atoms with E-state index in [0.29, 0.717) is 0 Å². The summed E-state index contributed by atoms with van der Waals surface area (Å²) >= 11 is 5.58. The highest BCUT2D eigenvalue weighted by atomic mass is 35.5. The molecule has 0 fully saturated rings. The fourth-order valence-corrected chi connectivity index (χ4v) is 1.53. The second-order valence-electron chi connectivity index (χ2n) is 3.15. The average molecular weight is 225 g/mol. The Labute approximate surface area is 91.7 Å². The van der Waals surface area contributed by atoms with Gasteiger partial charge in [-0.2, -0.15) is 0 Å². The molecule has 0 aliphatic carbocycles. The standard InChI is InChI=1S/C10H21ClO3/c1-12-10(13-2,14-3)8-6-4-5-7-9-11/h4-9H2,1-3H3. The zero-order valence-corrected chi connectivity index (χ0v) is 10.1. The Hall–Kier alpha value is 0.170. The van der Waals surface area contributed by atoms with E-state index in [2.05, 4.69) is 0 Å². The molecule has 0 aliphatic rings. The molecule has 3 nitrogen and oxygen atoms in total. The molecule has 0 bridgehead atoms. The molecule has 0 saturated carbocycles. The molecule has 0 unspecified atom stereocenters. The Morgan fingerprint density at radius 2 is 1.36 bits per heavy atom. The normalized spacial score (nSPS) is 12.0. The van der Waals surface area contributed by atoms with Crippen LogP contribution in [-0.4, -0.2) is 33.2 Å². The minimum atomic E-state index is -0.860. The summed E-state index contributed by atoms with van der Waals surface area (Å²) in [6.45, 7) is 0. The van der Waals surface area contributed by atoms with Crippen molar-refractivity contribution in [2.45, 2.75) is 38.1 Å². The van der Waals surface area contributed by atoms with E-state index < -0.39 is 5.97 Å². The van der Waals surface area contributed by atoms with Gasteiger partial charge in [-0.15, -0.1) is 11.6 Å². The Morgan fingerprint density at radius 3 is 1.79 bits per heavy atom. The van der Waals surface area contributed by atoms with Gasteiger partial charge in [0.2, 0.25) is 0 Å². The predicted octanol–water partition coefficient (Wildman–Crippen LogP) is 2.77. The first kappa shape index (κ1) is 14.2. The molecular weight excluding hydrogens is 204 g/mol. The summed E-state index contributed by atoms with van der Waals surface area (Å²) in [6.07, 6.45) is 5.12. The molecule has 0 amide bonds. The summed E-state index contributed by atoms with van der Waals surface area (Å²) in [5.41, 5.74) is 0. The highest BCUT2D eigenvalue weighted by Gasteiger charge is 2.28. The van der Waals surface area contributed by atoms with Gasteiger partial charge in [-0.25, -0.2) is 0 Å². The lowest BCUT2D eigenvalue weighted by Crippen LogP contribution is -2.35. The molecule has 0 N–H and O–H groups in total. The maximum atomic E-state index is 5.58.